The minimum absolute atomic E-state index is 0.0453. The van der Waals surface area contributed by atoms with Gasteiger partial charge in [0, 0.05) is 16.3 Å². The molecule has 116 valence electrons. The summed E-state index contributed by atoms with van der Waals surface area (Å²) >= 11 is 5.86. The summed E-state index contributed by atoms with van der Waals surface area (Å²) in [7, 11) is 0. The Morgan fingerprint density at radius 2 is 1.77 bits per heavy atom. The molecule has 5 heteroatoms. The summed E-state index contributed by atoms with van der Waals surface area (Å²) in [5, 5.41) is 3.58. The maximum atomic E-state index is 12.4. The second-order valence-electron chi connectivity index (χ2n) is 5.43. The molecule has 0 saturated carbocycles. The van der Waals surface area contributed by atoms with Gasteiger partial charge in [0.2, 0.25) is 0 Å². The molecule has 22 heavy (non-hydrogen) atoms. The molecule has 1 unspecified atom stereocenters. The first kappa shape index (κ1) is 16.3. The number of halogens is 1. The molecule has 2 aromatic rings. The smallest absolute Gasteiger partial charge is 0.268 e. The summed E-state index contributed by atoms with van der Waals surface area (Å²) in [4.78, 5) is 27.1. The van der Waals surface area contributed by atoms with Crippen molar-refractivity contribution in [3.05, 3.63) is 57.4 Å². The summed E-state index contributed by atoms with van der Waals surface area (Å²) in [6, 6.07) is 7.17. The lowest BCUT2D eigenvalue weighted by Crippen LogP contribution is -2.27. The Hall–Kier alpha value is -2.07. The lowest BCUT2D eigenvalue weighted by Gasteiger charge is -2.14. The Morgan fingerprint density at radius 1 is 1.18 bits per heavy atom. The summed E-state index contributed by atoms with van der Waals surface area (Å²) in [6.45, 7) is 6.98. The SMILES string of the molecule is CC(=O)c1c(C)[nH]c(C(=O)NC(C)c2ccc(Cl)cc2)c1C. The van der Waals surface area contributed by atoms with Gasteiger partial charge in [-0.15, -0.1) is 0 Å². The highest BCUT2D eigenvalue weighted by Crippen LogP contribution is 2.20. The topological polar surface area (TPSA) is 62.0 Å². The molecule has 0 saturated heterocycles. The number of hydrogen-bond acceptors (Lipinski definition) is 2. The second-order valence-corrected chi connectivity index (χ2v) is 5.86. The largest absolute Gasteiger partial charge is 0.354 e. The van der Waals surface area contributed by atoms with Crippen LogP contribution in [0, 0.1) is 13.8 Å². The van der Waals surface area contributed by atoms with E-state index in [9.17, 15) is 9.59 Å². The van der Waals surface area contributed by atoms with Gasteiger partial charge in [0.25, 0.3) is 5.91 Å². The van der Waals surface area contributed by atoms with Crippen molar-refractivity contribution in [1.29, 1.82) is 0 Å². The number of rotatable bonds is 4. The Bertz CT molecular complexity index is 717. The first-order chi connectivity index (χ1) is 10.3. The van der Waals surface area contributed by atoms with Crippen molar-refractivity contribution in [3.63, 3.8) is 0 Å². The third kappa shape index (κ3) is 3.22. The third-order valence-corrected chi connectivity index (χ3v) is 3.99. The number of aromatic amines is 1. The minimum Gasteiger partial charge on any atom is -0.354 e. The predicted molar refractivity (Wildman–Crippen MR) is 87.6 cm³/mol. The van der Waals surface area contributed by atoms with Gasteiger partial charge in [-0.2, -0.15) is 0 Å². The maximum Gasteiger partial charge on any atom is 0.268 e. The molecular weight excluding hydrogens is 300 g/mol. The Kier molecular flexibility index (Phi) is 4.71. The highest BCUT2D eigenvalue weighted by atomic mass is 35.5. The van der Waals surface area contributed by atoms with Crippen LogP contribution in [0.5, 0.6) is 0 Å². The number of nitrogens with one attached hydrogen (secondary N) is 2. The highest BCUT2D eigenvalue weighted by molar-refractivity contribution is 6.30. The number of amides is 1. The number of carbonyl (C=O) groups excluding carboxylic acids is 2. The van der Waals surface area contributed by atoms with Crippen LogP contribution in [0.2, 0.25) is 5.02 Å². The molecule has 1 aromatic carbocycles. The van der Waals surface area contributed by atoms with Crippen molar-refractivity contribution in [2.45, 2.75) is 33.7 Å². The quantitative estimate of drug-likeness (QED) is 0.838. The van der Waals surface area contributed by atoms with Gasteiger partial charge in [-0.1, -0.05) is 23.7 Å². The number of aromatic nitrogens is 1. The molecule has 0 bridgehead atoms. The van der Waals surface area contributed by atoms with E-state index in [0.717, 1.165) is 5.56 Å². The molecule has 0 aliphatic rings. The number of hydrogen-bond donors (Lipinski definition) is 2. The summed E-state index contributed by atoms with van der Waals surface area (Å²) in [5.74, 6) is -0.272. The number of aryl methyl sites for hydroxylation is 1. The lowest BCUT2D eigenvalue weighted by molar-refractivity contribution is 0.0934. The summed E-state index contributed by atoms with van der Waals surface area (Å²) in [5.41, 5.74) is 3.39. The van der Waals surface area contributed by atoms with E-state index < -0.39 is 0 Å². The van der Waals surface area contributed by atoms with E-state index in [4.69, 9.17) is 11.6 Å². The van der Waals surface area contributed by atoms with Gasteiger partial charge < -0.3 is 10.3 Å². The zero-order valence-corrected chi connectivity index (χ0v) is 13.8. The first-order valence-electron chi connectivity index (χ1n) is 7.07. The fourth-order valence-corrected chi connectivity index (χ4v) is 2.73. The van der Waals surface area contributed by atoms with Crippen molar-refractivity contribution < 1.29 is 9.59 Å². The van der Waals surface area contributed by atoms with Crippen LogP contribution < -0.4 is 5.32 Å². The van der Waals surface area contributed by atoms with Gasteiger partial charge in [0.05, 0.1) is 6.04 Å². The van der Waals surface area contributed by atoms with Crippen LogP contribution in [-0.2, 0) is 0 Å². The molecule has 0 fully saturated rings. The van der Waals surface area contributed by atoms with E-state index in [-0.39, 0.29) is 17.7 Å². The first-order valence-corrected chi connectivity index (χ1v) is 7.45. The Balaban J connectivity index is 2.21. The molecule has 1 heterocycles. The van der Waals surface area contributed by atoms with E-state index in [1.165, 1.54) is 6.92 Å². The lowest BCUT2D eigenvalue weighted by atomic mass is 10.1. The van der Waals surface area contributed by atoms with Crippen LogP contribution in [-0.4, -0.2) is 16.7 Å². The van der Waals surface area contributed by atoms with Crippen LogP contribution in [0.3, 0.4) is 0 Å². The van der Waals surface area contributed by atoms with Crippen molar-refractivity contribution in [3.8, 4) is 0 Å². The standard InChI is InChI=1S/C17H19ClN2O2/c1-9-15(12(4)21)11(3)19-16(9)17(22)20-10(2)13-5-7-14(18)8-6-13/h5-8,10,19H,1-4H3,(H,20,22). The summed E-state index contributed by atoms with van der Waals surface area (Å²) < 4.78 is 0. The Morgan fingerprint density at radius 3 is 2.27 bits per heavy atom. The number of ketones is 1. The molecule has 0 aliphatic heterocycles. The van der Waals surface area contributed by atoms with Gasteiger partial charge in [-0.05, 0) is 51.0 Å². The van der Waals surface area contributed by atoms with E-state index in [0.29, 0.717) is 27.5 Å². The molecule has 2 rings (SSSR count). The van der Waals surface area contributed by atoms with E-state index in [1.807, 2.05) is 19.1 Å². The fourth-order valence-electron chi connectivity index (χ4n) is 2.61. The second kappa shape index (κ2) is 6.36. The monoisotopic (exact) mass is 318 g/mol. The van der Waals surface area contributed by atoms with Crippen LogP contribution in [0.25, 0.3) is 0 Å². The fraction of sp³-hybridized carbons (Fsp3) is 0.294. The Labute approximate surface area is 134 Å². The van der Waals surface area contributed by atoms with Gasteiger partial charge >= 0.3 is 0 Å². The zero-order valence-electron chi connectivity index (χ0n) is 13.1. The van der Waals surface area contributed by atoms with Crippen LogP contribution in [0.4, 0.5) is 0 Å². The van der Waals surface area contributed by atoms with Crippen LogP contribution in [0.1, 0.15) is 57.6 Å². The van der Waals surface area contributed by atoms with Crippen molar-refractivity contribution in [2.75, 3.05) is 0 Å². The molecule has 0 aliphatic carbocycles. The maximum absolute atomic E-state index is 12.4. The number of benzene rings is 1. The van der Waals surface area contributed by atoms with E-state index >= 15 is 0 Å². The molecular formula is C17H19ClN2O2. The number of H-pyrrole nitrogens is 1. The number of Topliss-reactive ketones (excluding diaryl/α,β-unsaturated/α-hetero) is 1. The van der Waals surface area contributed by atoms with Gasteiger partial charge in [-0.3, -0.25) is 9.59 Å². The molecule has 1 atom stereocenters. The molecule has 1 aromatic heterocycles. The van der Waals surface area contributed by atoms with Gasteiger partial charge in [0.15, 0.2) is 5.78 Å². The predicted octanol–water partition coefficient (Wildman–Crippen LogP) is 3.98. The zero-order chi connectivity index (χ0) is 16.4. The van der Waals surface area contributed by atoms with E-state index in [1.54, 1.807) is 26.0 Å². The number of carbonyl (C=O) groups is 2. The summed E-state index contributed by atoms with van der Waals surface area (Å²) in [6.07, 6.45) is 0. The normalized spacial score (nSPS) is 12.0. The van der Waals surface area contributed by atoms with Crippen molar-refractivity contribution >= 4 is 23.3 Å². The molecule has 0 radical (unpaired) electrons. The third-order valence-electron chi connectivity index (χ3n) is 3.73. The molecule has 0 spiro atoms. The molecule has 4 nitrogen and oxygen atoms in total. The van der Waals surface area contributed by atoms with Gasteiger partial charge in [0.1, 0.15) is 5.69 Å². The minimum atomic E-state index is -0.226. The average molecular weight is 319 g/mol. The van der Waals surface area contributed by atoms with Gasteiger partial charge in [-0.25, -0.2) is 0 Å². The van der Waals surface area contributed by atoms with Crippen LogP contribution >= 0.6 is 11.6 Å². The van der Waals surface area contributed by atoms with E-state index in [2.05, 4.69) is 10.3 Å². The van der Waals surface area contributed by atoms with Crippen LogP contribution in [0.15, 0.2) is 24.3 Å². The molecule has 2 N–H and O–H groups in total. The van der Waals surface area contributed by atoms with Crippen molar-refractivity contribution in [2.24, 2.45) is 0 Å². The van der Waals surface area contributed by atoms with Crippen molar-refractivity contribution in [1.82, 2.24) is 10.3 Å². The highest BCUT2D eigenvalue weighted by Gasteiger charge is 2.21. The molecule has 1 amide bonds. The average Bonchev–Trinajstić information content (AvgIpc) is 2.74.